The lowest BCUT2D eigenvalue weighted by molar-refractivity contribution is 0.0706. The van der Waals surface area contributed by atoms with E-state index in [2.05, 4.69) is 59.3 Å². The predicted octanol–water partition coefficient (Wildman–Crippen LogP) is 5.91. The van der Waals surface area contributed by atoms with Gasteiger partial charge in [-0.05, 0) is 48.4 Å². The lowest BCUT2D eigenvalue weighted by Crippen LogP contribution is -2.41. The Bertz CT molecular complexity index is 264. The van der Waals surface area contributed by atoms with Crippen LogP contribution in [0.5, 0.6) is 0 Å². The highest BCUT2D eigenvalue weighted by molar-refractivity contribution is 14.1. The van der Waals surface area contributed by atoms with E-state index in [1.807, 2.05) is 0 Å². The van der Waals surface area contributed by atoms with E-state index in [1.54, 1.807) is 0 Å². The van der Waals surface area contributed by atoms with E-state index in [1.165, 1.54) is 44.9 Å². The van der Waals surface area contributed by atoms with E-state index in [0.717, 1.165) is 0 Å². The maximum Gasteiger partial charge on any atom is 0.184 e. The molecule has 0 aromatic carbocycles. The van der Waals surface area contributed by atoms with Crippen LogP contribution in [0, 0.1) is 5.41 Å². The predicted molar refractivity (Wildman–Crippen MR) is 91.8 cm³/mol. The van der Waals surface area contributed by atoms with Gasteiger partial charge in [0, 0.05) is 0 Å². The lowest BCUT2D eigenvalue weighted by atomic mass is 9.76. The molecule has 0 spiro atoms. The highest BCUT2D eigenvalue weighted by atomic mass is 127. The molecule has 0 radical (unpaired) electrons. The standard InChI is InChI=1S/C15H29IOSi/c1-5-6-10-15(11-7-8-12-15)14(9-13-16)17-18(2,3)4/h9,13-14H,5-8,10-12H2,1-4H3. The van der Waals surface area contributed by atoms with E-state index in [-0.39, 0.29) is 0 Å². The minimum atomic E-state index is -1.47. The molecule has 0 aromatic heterocycles. The molecular weight excluding hydrogens is 351 g/mol. The van der Waals surface area contributed by atoms with Gasteiger partial charge in [-0.3, -0.25) is 0 Å². The number of hydrogen-bond acceptors (Lipinski definition) is 1. The summed E-state index contributed by atoms with van der Waals surface area (Å²) in [5.41, 5.74) is 0.442. The molecule has 0 saturated heterocycles. The molecule has 0 aromatic rings. The molecule has 1 fully saturated rings. The fraction of sp³-hybridized carbons (Fsp3) is 0.867. The molecule has 18 heavy (non-hydrogen) atoms. The second-order valence-corrected chi connectivity index (χ2v) is 11.8. The van der Waals surface area contributed by atoms with Gasteiger partial charge in [0.15, 0.2) is 8.32 Å². The molecule has 0 N–H and O–H groups in total. The Hall–Kier alpha value is 0.647. The fourth-order valence-corrected chi connectivity index (χ4v) is 4.57. The van der Waals surface area contributed by atoms with Crippen molar-refractivity contribution in [3.05, 3.63) is 10.2 Å². The van der Waals surface area contributed by atoms with Gasteiger partial charge in [0.05, 0.1) is 6.10 Å². The number of unbranched alkanes of at least 4 members (excludes halogenated alkanes) is 1. The van der Waals surface area contributed by atoms with Crippen molar-refractivity contribution in [3.8, 4) is 0 Å². The molecule has 0 heterocycles. The maximum absolute atomic E-state index is 6.51. The van der Waals surface area contributed by atoms with Gasteiger partial charge >= 0.3 is 0 Å². The quantitative estimate of drug-likeness (QED) is 0.394. The van der Waals surface area contributed by atoms with Crippen LogP contribution in [0.4, 0.5) is 0 Å². The van der Waals surface area contributed by atoms with Crippen molar-refractivity contribution in [2.45, 2.75) is 77.6 Å². The normalized spacial score (nSPS) is 21.6. The zero-order chi connectivity index (χ0) is 13.6. The monoisotopic (exact) mass is 380 g/mol. The minimum absolute atomic E-state index is 0.357. The van der Waals surface area contributed by atoms with Gasteiger partial charge in [0.1, 0.15) is 0 Å². The summed E-state index contributed by atoms with van der Waals surface area (Å²) in [7, 11) is -1.47. The fourth-order valence-electron chi connectivity index (χ4n) is 3.10. The highest BCUT2D eigenvalue weighted by Gasteiger charge is 2.41. The summed E-state index contributed by atoms with van der Waals surface area (Å²) in [6, 6.07) is 0. The SMILES string of the molecule is CCCCC1(C(C=CI)O[Si](C)(C)C)CCCC1. The van der Waals surface area contributed by atoms with Crippen LogP contribution in [0.3, 0.4) is 0 Å². The lowest BCUT2D eigenvalue weighted by Gasteiger charge is -2.39. The first-order valence-corrected chi connectivity index (χ1v) is 12.0. The number of rotatable bonds is 7. The molecule has 1 aliphatic carbocycles. The zero-order valence-electron chi connectivity index (χ0n) is 12.5. The Morgan fingerprint density at radius 3 is 2.33 bits per heavy atom. The van der Waals surface area contributed by atoms with E-state index in [9.17, 15) is 0 Å². The topological polar surface area (TPSA) is 9.23 Å². The summed E-state index contributed by atoms with van der Waals surface area (Å²) in [4.78, 5) is 0. The van der Waals surface area contributed by atoms with Crippen molar-refractivity contribution in [2.24, 2.45) is 5.41 Å². The number of halogens is 1. The van der Waals surface area contributed by atoms with Gasteiger partial charge < -0.3 is 4.43 Å². The Labute approximate surface area is 128 Å². The van der Waals surface area contributed by atoms with Crippen LogP contribution >= 0.6 is 22.6 Å². The average molecular weight is 380 g/mol. The molecule has 1 rings (SSSR count). The summed E-state index contributed by atoms with van der Waals surface area (Å²) in [5, 5.41) is 0. The molecule has 0 aliphatic heterocycles. The molecule has 1 unspecified atom stereocenters. The van der Waals surface area contributed by atoms with Gasteiger partial charge in [-0.1, -0.05) is 61.3 Å². The summed E-state index contributed by atoms with van der Waals surface area (Å²) in [6.45, 7) is 9.22. The van der Waals surface area contributed by atoms with Crippen LogP contribution in [0.1, 0.15) is 51.9 Å². The third kappa shape index (κ3) is 4.97. The largest absolute Gasteiger partial charge is 0.411 e. The van der Waals surface area contributed by atoms with Crippen LogP contribution < -0.4 is 0 Å². The van der Waals surface area contributed by atoms with Gasteiger partial charge in [0.25, 0.3) is 0 Å². The molecule has 1 atom stereocenters. The molecule has 106 valence electrons. The summed E-state index contributed by atoms with van der Waals surface area (Å²) in [6.07, 6.45) is 12.2. The third-order valence-electron chi connectivity index (χ3n) is 3.96. The van der Waals surface area contributed by atoms with Crippen molar-refractivity contribution in [1.29, 1.82) is 0 Å². The first-order valence-electron chi connectivity index (χ1n) is 7.38. The van der Waals surface area contributed by atoms with Crippen molar-refractivity contribution in [2.75, 3.05) is 0 Å². The second-order valence-electron chi connectivity index (χ2n) is 6.64. The molecular formula is C15H29IOSi. The maximum atomic E-state index is 6.51. The Morgan fingerprint density at radius 1 is 1.28 bits per heavy atom. The summed E-state index contributed by atoms with van der Waals surface area (Å²) >= 11 is 2.34. The van der Waals surface area contributed by atoms with E-state index < -0.39 is 8.32 Å². The van der Waals surface area contributed by atoms with Crippen LogP contribution in [0.25, 0.3) is 0 Å². The molecule has 0 bridgehead atoms. The summed E-state index contributed by atoms with van der Waals surface area (Å²) < 4.78 is 8.67. The Balaban J connectivity index is 2.83. The van der Waals surface area contributed by atoms with Crippen molar-refractivity contribution in [3.63, 3.8) is 0 Å². The molecule has 3 heteroatoms. The first-order chi connectivity index (χ1) is 8.43. The second kappa shape index (κ2) is 7.43. The Morgan fingerprint density at radius 2 is 1.89 bits per heavy atom. The van der Waals surface area contributed by atoms with Gasteiger partial charge in [-0.2, -0.15) is 0 Å². The van der Waals surface area contributed by atoms with E-state index in [0.29, 0.717) is 11.5 Å². The molecule has 1 saturated carbocycles. The van der Waals surface area contributed by atoms with Gasteiger partial charge in [-0.15, -0.1) is 0 Å². The molecule has 1 aliphatic rings. The van der Waals surface area contributed by atoms with Crippen LogP contribution in [0.15, 0.2) is 10.2 Å². The van der Waals surface area contributed by atoms with Gasteiger partial charge in [-0.25, -0.2) is 0 Å². The van der Waals surface area contributed by atoms with Crippen LogP contribution in [0.2, 0.25) is 19.6 Å². The average Bonchev–Trinajstić information content (AvgIpc) is 2.74. The highest BCUT2D eigenvalue weighted by Crippen LogP contribution is 2.47. The first kappa shape index (κ1) is 16.7. The van der Waals surface area contributed by atoms with Gasteiger partial charge in [0.2, 0.25) is 0 Å². The van der Waals surface area contributed by atoms with E-state index >= 15 is 0 Å². The van der Waals surface area contributed by atoms with Crippen molar-refractivity contribution in [1.82, 2.24) is 0 Å². The summed E-state index contributed by atoms with van der Waals surface area (Å²) in [5.74, 6) is 0. The molecule has 1 nitrogen and oxygen atoms in total. The van der Waals surface area contributed by atoms with E-state index in [4.69, 9.17) is 4.43 Å². The zero-order valence-corrected chi connectivity index (χ0v) is 15.6. The van der Waals surface area contributed by atoms with Crippen LogP contribution in [-0.4, -0.2) is 14.4 Å². The third-order valence-corrected chi connectivity index (χ3v) is 5.34. The Kier molecular flexibility index (Phi) is 6.90. The smallest absolute Gasteiger partial charge is 0.184 e. The van der Waals surface area contributed by atoms with Crippen molar-refractivity contribution >= 4 is 30.9 Å². The molecule has 0 amide bonds. The minimum Gasteiger partial charge on any atom is -0.411 e. The van der Waals surface area contributed by atoms with Crippen LogP contribution in [-0.2, 0) is 4.43 Å². The van der Waals surface area contributed by atoms with Crippen molar-refractivity contribution < 1.29 is 4.43 Å². The number of hydrogen-bond donors (Lipinski definition) is 0.